The second-order valence-electron chi connectivity index (χ2n) is 6.73. The van der Waals surface area contributed by atoms with Crippen LogP contribution in [-0.4, -0.2) is 52.2 Å². The Kier molecular flexibility index (Phi) is 6.60. The van der Waals surface area contributed by atoms with Crippen LogP contribution in [0.2, 0.25) is 0 Å². The van der Waals surface area contributed by atoms with E-state index in [2.05, 4.69) is 29.9 Å². The van der Waals surface area contributed by atoms with Crippen LogP contribution in [0.1, 0.15) is 32.5 Å². The van der Waals surface area contributed by atoms with Crippen molar-refractivity contribution in [1.82, 2.24) is 20.0 Å². The first-order chi connectivity index (χ1) is 11.4. The Morgan fingerprint density at radius 1 is 1.32 bits per heavy atom. The Balaban J connectivity index is 0.00000225. The summed E-state index contributed by atoms with van der Waals surface area (Å²) < 4.78 is 5.27. The number of rotatable bonds is 3. The molecule has 2 aromatic heterocycles. The van der Waals surface area contributed by atoms with Gasteiger partial charge in [0, 0.05) is 43.2 Å². The number of hydrogen-bond acceptors (Lipinski definition) is 7. The molecule has 0 radical (unpaired) electrons. The van der Waals surface area contributed by atoms with Crippen molar-refractivity contribution in [3.63, 3.8) is 0 Å². The summed E-state index contributed by atoms with van der Waals surface area (Å²) in [7, 11) is 0. The summed E-state index contributed by atoms with van der Waals surface area (Å²) in [5.41, 5.74) is 5.95. The molecule has 0 unspecified atom stereocenters. The number of piperazine rings is 1. The van der Waals surface area contributed by atoms with Crippen LogP contribution in [0.15, 0.2) is 21.1 Å². The maximum Gasteiger partial charge on any atom is 0.232 e. The van der Waals surface area contributed by atoms with E-state index in [-0.39, 0.29) is 29.4 Å². The van der Waals surface area contributed by atoms with Gasteiger partial charge in [0.25, 0.3) is 0 Å². The number of hydrogen-bond donors (Lipinski definition) is 1. The SMILES string of the molecule is CC(C)(C)c1nc(CN=C(N)N2CCN(c3nccs3)CC2)no1.I. The lowest BCUT2D eigenvalue weighted by Crippen LogP contribution is -2.51. The Morgan fingerprint density at radius 2 is 2.04 bits per heavy atom. The number of guanidine groups is 1. The number of nitrogens with zero attached hydrogens (tertiary/aromatic N) is 6. The van der Waals surface area contributed by atoms with E-state index in [1.165, 1.54) is 0 Å². The molecule has 0 aromatic carbocycles. The fraction of sp³-hybridized carbons (Fsp3) is 0.600. The first kappa shape index (κ1) is 19.9. The molecule has 0 amide bonds. The zero-order chi connectivity index (χ0) is 17.2. The minimum absolute atomic E-state index is 0. The smallest absolute Gasteiger partial charge is 0.232 e. The molecular weight excluding hydrogens is 453 g/mol. The van der Waals surface area contributed by atoms with Crippen LogP contribution in [0.25, 0.3) is 0 Å². The van der Waals surface area contributed by atoms with E-state index in [0.717, 1.165) is 31.3 Å². The molecule has 0 saturated carbocycles. The highest BCUT2D eigenvalue weighted by atomic mass is 127. The molecule has 3 rings (SSSR count). The topological polar surface area (TPSA) is 96.7 Å². The highest BCUT2D eigenvalue weighted by Gasteiger charge is 2.22. The van der Waals surface area contributed by atoms with Crippen molar-refractivity contribution in [1.29, 1.82) is 0 Å². The molecule has 1 aliphatic rings. The van der Waals surface area contributed by atoms with E-state index in [1.807, 2.05) is 32.3 Å². The molecule has 138 valence electrons. The summed E-state index contributed by atoms with van der Waals surface area (Å²) in [6.07, 6.45) is 1.83. The lowest BCUT2D eigenvalue weighted by molar-refractivity contribution is 0.318. The number of aliphatic imine (C=N–C) groups is 1. The Labute approximate surface area is 168 Å². The number of halogens is 1. The molecule has 3 heterocycles. The molecule has 1 saturated heterocycles. The third-order valence-corrected chi connectivity index (χ3v) is 4.62. The Bertz CT molecular complexity index is 687. The van der Waals surface area contributed by atoms with Gasteiger partial charge in [-0.15, -0.1) is 35.3 Å². The van der Waals surface area contributed by atoms with Crippen LogP contribution in [0.3, 0.4) is 0 Å². The second kappa shape index (κ2) is 8.30. The van der Waals surface area contributed by atoms with E-state index < -0.39 is 0 Å². The standard InChI is InChI=1S/C15H23N7OS.HI/c1-15(2,3)12-19-11(20-23-12)10-18-13(16)21-5-7-22(8-6-21)14-17-4-9-24-14;/h4,9H,5-8,10H2,1-3H3,(H2,16,18);1H. The highest BCUT2D eigenvalue weighted by Crippen LogP contribution is 2.20. The van der Waals surface area contributed by atoms with Crippen LogP contribution in [0.5, 0.6) is 0 Å². The molecule has 2 N–H and O–H groups in total. The average molecular weight is 477 g/mol. The normalized spacial score (nSPS) is 16.0. The van der Waals surface area contributed by atoms with Crippen LogP contribution in [0, 0.1) is 0 Å². The van der Waals surface area contributed by atoms with Crippen molar-refractivity contribution in [3.05, 3.63) is 23.3 Å². The lowest BCUT2D eigenvalue weighted by atomic mass is 9.97. The third-order valence-electron chi connectivity index (χ3n) is 3.79. The number of anilines is 1. The van der Waals surface area contributed by atoms with Gasteiger partial charge in [-0.2, -0.15) is 4.98 Å². The monoisotopic (exact) mass is 477 g/mol. The van der Waals surface area contributed by atoms with Gasteiger partial charge in [0.15, 0.2) is 16.9 Å². The van der Waals surface area contributed by atoms with E-state index in [9.17, 15) is 0 Å². The average Bonchev–Trinajstić information content (AvgIpc) is 3.23. The molecular formula is C15H24IN7OS. The van der Waals surface area contributed by atoms with Crippen molar-refractivity contribution < 1.29 is 4.52 Å². The van der Waals surface area contributed by atoms with Gasteiger partial charge in [-0.1, -0.05) is 25.9 Å². The molecule has 1 fully saturated rings. The Hall–Kier alpha value is -1.43. The molecule has 1 aliphatic heterocycles. The van der Waals surface area contributed by atoms with Gasteiger partial charge in [0.1, 0.15) is 6.54 Å². The van der Waals surface area contributed by atoms with E-state index >= 15 is 0 Å². The summed E-state index contributed by atoms with van der Waals surface area (Å²) in [5.74, 6) is 1.70. The molecule has 25 heavy (non-hydrogen) atoms. The van der Waals surface area contributed by atoms with Gasteiger partial charge in [0.05, 0.1) is 0 Å². The fourth-order valence-electron chi connectivity index (χ4n) is 2.37. The molecule has 2 aromatic rings. The van der Waals surface area contributed by atoms with Crippen molar-refractivity contribution >= 4 is 46.4 Å². The van der Waals surface area contributed by atoms with Gasteiger partial charge in [-0.25, -0.2) is 9.98 Å². The zero-order valence-corrected chi connectivity index (χ0v) is 17.8. The van der Waals surface area contributed by atoms with Crippen molar-refractivity contribution in [2.24, 2.45) is 10.7 Å². The molecule has 8 nitrogen and oxygen atoms in total. The van der Waals surface area contributed by atoms with Crippen LogP contribution in [-0.2, 0) is 12.0 Å². The van der Waals surface area contributed by atoms with Gasteiger partial charge < -0.3 is 20.1 Å². The lowest BCUT2D eigenvalue weighted by Gasteiger charge is -2.35. The largest absolute Gasteiger partial charge is 0.370 e. The van der Waals surface area contributed by atoms with Crippen molar-refractivity contribution in [2.75, 3.05) is 31.1 Å². The van der Waals surface area contributed by atoms with Crippen LogP contribution in [0.4, 0.5) is 5.13 Å². The van der Waals surface area contributed by atoms with Gasteiger partial charge >= 0.3 is 0 Å². The van der Waals surface area contributed by atoms with Crippen LogP contribution >= 0.6 is 35.3 Å². The maximum atomic E-state index is 6.11. The van der Waals surface area contributed by atoms with Crippen molar-refractivity contribution in [2.45, 2.75) is 32.7 Å². The number of thiazole rings is 1. The van der Waals surface area contributed by atoms with E-state index in [0.29, 0.717) is 24.2 Å². The number of nitrogens with two attached hydrogens (primary N) is 1. The molecule has 0 spiro atoms. The molecule has 10 heteroatoms. The minimum atomic E-state index is -0.160. The zero-order valence-electron chi connectivity index (χ0n) is 14.7. The minimum Gasteiger partial charge on any atom is -0.370 e. The summed E-state index contributed by atoms with van der Waals surface area (Å²) in [6, 6.07) is 0. The predicted octanol–water partition coefficient (Wildman–Crippen LogP) is 2.08. The van der Waals surface area contributed by atoms with Gasteiger partial charge in [0.2, 0.25) is 5.89 Å². The van der Waals surface area contributed by atoms with Crippen LogP contribution < -0.4 is 10.6 Å². The maximum absolute atomic E-state index is 6.11. The first-order valence-electron chi connectivity index (χ1n) is 7.96. The summed E-state index contributed by atoms with van der Waals surface area (Å²) in [5, 5.41) is 7.02. The van der Waals surface area contributed by atoms with Gasteiger partial charge in [-0.3, -0.25) is 0 Å². The predicted molar refractivity (Wildman–Crippen MR) is 110 cm³/mol. The number of aromatic nitrogens is 3. The van der Waals surface area contributed by atoms with Crippen molar-refractivity contribution in [3.8, 4) is 0 Å². The Morgan fingerprint density at radius 3 is 2.60 bits per heavy atom. The third kappa shape index (κ3) is 5.03. The van der Waals surface area contributed by atoms with E-state index in [4.69, 9.17) is 10.3 Å². The summed E-state index contributed by atoms with van der Waals surface area (Å²) in [4.78, 5) is 17.5. The first-order valence-corrected chi connectivity index (χ1v) is 8.84. The highest BCUT2D eigenvalue weighted by molar-refractivity contribution is 14.0. The van der Waals surface area contributed by atoms with Gasteiger partial charge in [-0.05, 0) is 0 Å². The summed E-state index contributed by atoms with van der Waals surface area (Å²) >= 11 is 1.66. The quantitative estimate of drug-likeness (QED) is 0.411. The molecule has 0 atom stereocenters. The molecule has 0 aliphatic carbocycles. The second-order valence-corrected chi connectivity index (χ2v) is 7.60. The fourth-order valence-corrected chi connectivity index (χ4v) is 3.07. The van der Waals surface area contributed by atoms with E-state index in [1.54, 1.807) is 11.3 Å². The molecule has 0 bridgehead atoms. The summed E-state index contributed by atoms with van der Waals surface area (Å²) in [6.45, 7) is 9.86.